The fraction of sp³-hybridized carbons (Fsp3) is 0.581. The first-order valence-electron chi connectivity index (χ1n) is 15.4. The third-order valence-electron chi connectivity index (χ3n) is 7.29. The Hall–Kier alpha value is -2.67. The smallest absolute Gasteiger partial charge is 0.226 e. The predicted octanol–water partition coefficient (Wildman–Crippen LogP) is 3.00. The highest BCUT2D eigenvalue weighted by atomic mass is 35.5. The quantitative estimate of drug-likeness (QED) is 0.0440. The minimum Gasteiger partial charge on any atom is -0.491 e. The van der Waals surface area contributed by atoms with E-state index in [0.717, 1.165) is 12.2 Å². The molecule has 16 heteroatoms. The minimum absolute atomic E-state index is 0.0794. The standard InChI is InChI=1S/C31H43ClN5O9P/c1-2-9-40-10-11-41-12-13-42-14-15-43-16-17-45-25-5-3-23(4-6-25)24-19-37(20-24)30-27(18-33)29(35-31(32)36-30)34-28-8-7-26(46-28)21-44-22-47(38)39/h1,3-6,18,24,26,28,33,38-39H,7-17,19-22H2,(H,34,35,36). The van der Waals surface area contributed by atoms with Gasteiger partial charge in [0.25, 0.3) is 0 Å². The molecule has 1 aromatic carbocycles. The number of hydrogen-bond acceptors (Lipinski definition) is 14. The summed E-state index contributed by atoms with van der Waals surface area (Å²) in [5.41, 5.74) is 1.72. The molecule has 47 heavy (non-hydrogen) atoms. The van der Waals surface area contributed by atoms with Gasteiger partial charge in [0.15, 0.2) is 8.38 Å². The van der Waals surface area contributed by atoms with E-state index >= 15 is 0 Å². The molecule has 2 saturated heterocycles. The molecular weight excluding hydrogens is 653 g/mol. The van der Waals surface area contributed by atoms with E-state index in [4.69, 9.17) is 66.4 Å². The zero-order chi connectivity index (χ0) is 33.3. The van der Waals surface area contributed by atoms with Crippen LogP contribution in [-0.2, 0) is 28.4 Å². The molecule has 0 saturated carbocycles. The van der Waals surface area contributed by atoms with Gasteiger partial charge in [-0.2, -0.15) is 9.97 Å². The number of anilines is 2. The number of rotatable bonds is 23. The molecule has 2 aliphatic rings. The first kappa shape index (κ1) is 37.2. The van der Waals surface area contributed by atoms with Gasteiger partial charge < -0.3 is 58.6 Å². The molecule has 4 N–H and O–H groups in total. The van der Waals surface area contributed by atoms with E-state index in [0.29, 0.717) is 102 Å². The molecule has 2 fully saturated rings. The molecule has 2 aliphatic heterocycles. The van der Waals surface area contributed by atoms with Gasteiger partial charge in [-0.25, -0.2) is 0 Å². The first-order chi connectivity index (χ1) is 23.0. The molecule has 0 bridgehead atoms. The second-order valence-corrected chi connectivity index (χ2v) is 12.0. The molecule has 2 unspecified atom stereocenters. The maximum atomic E-state index is 9.01. The lowest BCUT2D eigenvalue weighted by Gasteiger charge is -2.41. The number of halogens is 1. The van der Waals surface area contributed by atoms with Gasteiger partial charge >= 0.3 is 0 Å². The summed E-state index contributed by atoms with van der Waals surface area (Å²) in [7, 11) is -2.09. The summed E-state index contributed by atoms with van der Waals surface area (Å²) in [6.45, 7) is 5.78. The number of nitrogens with one attached hydrogen (secondary N) is 2. The van der Waals surface area contributed by atoms with Crippen molar-refractivity contribution < 1.29 is 42.9 Å². The van der Waals surface area contributed by atoms with E-state index in [1.807, 2.05) is 12.1 Å². The van der Waals surface area contributed by atoms with Crippen LogP contribution in [0.4, 0.5) is 11.6 Å². The lowest BCUT2D eigenvalue weighted by atomic mass is 9.91. The summed E-state index contributed by atoms with van der Waals surface area (Å²) >= 11 is 6.29. The van der Waals surface area contributed by atoms with Crippen LogP contribution in [0.3, 0.4) is 0 Å². The molecule has 2 atom stereocenters. The Morgan fingerprint density at radius 3 is 2.28 bits per heavy atom. The summed E-state index contributed by atoms with van der Waals surface area (Å²) in [6, 6.07) is 8.04. The lowest BCUT2D eigenvalue weighted by Crippen LogP contribution is -2.46. The first-order valence-corrected chi connectivity index (χ1v) is 17.2. The average Bonchev–Trinajstić information content (AvgIpc) is 3.48. The van der Waals surface area contributed by atoms with Crippen LogP contribution in [-0.4, -0.2) is 124 Å². The second kappa shape index (κ2) is 20.6. The van der Waals surface area contributed by atoms with E-state index in [-0.39, 0.29) is 30.6 Å². The van der Waals surface area contributed by atoms with Crippen molar-refractivity contribution in [1.29, 1.82) is 5.41 Å². The van der Waals surface area contributed by atoms with Crippen molar-refractivity contribution in [2.45, 2.75) is 31.1 Å². The van der Waals surface area contributed by atoms with Gasteiger partial charge in [0.1, 0.15) is 43.2 Å². The summed E-state index contributed by atoms with van der Waals surface area (Å²) in [5, 5.41) is 11.4. The zero-order valence-corrected chi connectivity index (χ0v) is 27.9. The van der Waals surface area contributed by atoms with Crippen molar-refractivity contribution in [3.05, 3.63) is 40.7 Å². The predicted molar refractivity (Wildman–Crippen MR) is 178 cm³/mol. The van der Waals surface area contributed by atoms with E-state index in [9.17, 15) is 0 Å². The summed E-state index contributed by atoms with van der Waals surface area (Å²) in [4.78, 5) is 28.9. The van der Waals surface area contributed by atoms with E-state index in [2.05, 4.69) is 38.2 Å². The highest BCUT2D eigenvalue weighted by molar-refractivity contribution is 7.44. The van der Waals surface area contributed by atoms with Crippen LogP contribution in [0.25, 0.3) is 0 Å². The number of benzene rings is 1. The third kappa shape index (κ3) is 12.7. The van der Waals surface area contributed by atoms with Crippen molar-refractivity contribution in [2.75, 3.05) is 95.7 Å². The van der Waals surface area contributed by atoms with E-state index < -0.39 is 8.38 Å². The van der Waals surface area contributed by atoms with Crippen LogP contribution < -0.4 is 15.0 Å². The molecule has 1 aromatic heterocycles. The van der Waals surface area contributed by atoms with Gasteiger partial charge in [-0.05, 0) is 42.1 Å². The maximum absolute atomic E-state index is 9.01. The third-order valence-corrected chi connectivity index (χ3v) is 7.87. The van der Waals surface area contributed by atoms with Crippen LogP contribution in [0.15, 0.2) is 24.3 Å². The molecule has 0 aliphatic carbocycles. The Balaban J connectivity index is 1.12. The van der Waals surface area contributed by atoms with Gasteiger partial charge in [-0.15, -0.1) is 6.42 Å². The van der Waals surface area contributed by atoms with Crippen molar-refractivity contribution in [1.82, 2.24) is 9.97 Å². The van der Waals surface area contributed by atoms with Crippen molar-refractivity contribution in [3.8, 4) is 18.1 Å². The monoisotopic (exact) mass is 695 g/mol. The SMILES string of the molecule is C#CCOCCOCCOCCOCCOc1ccc(C2CN(c3nc(Cl)nc(NC4CCC(COCP(O)O)O4)c3C=N)C2)cc1. The number of aromatic nitrogens is 2. The molecule has 4 rings (SSSR count). The molecule has 0 spiro atoms. The maximum Gasteiger partial charge on any atom is 0.226 e. The van der Waals surface area contributed by atoms with Gasteiger partial charge in [0.05, 0.1) is 64.5 Å². The molecule has 258 valence electrons. The fourth-order valence-electron chi connectivity index (χ4n) is 4.98. The number of ether oxygens (including phenoxy) is 7. The summed E-state index contributed by atoms with van der Waals surface area (Å²) in [5.74, 6) is 4.49. The minimum atomic E-state index is -2.09. The summed E-state index contributed by atoms with van der Waals surface area (Å²) in [6.07, 6.45) is 7.13. The second-order valence-electron chi connectivity index (χ2n) is 10.7. The Morgan fingerprint density at radius 1 is 0.979 bits per heavy atom. The van der Waals surface area contributed by atoms with Crippen molar-refractivity contribution in [3.63, 3.8) is 0 Å². The normalized spacial score (nSPS) is 17.9. The van der Waals surface area contributed by atoms with Crippen LogP contribution in [0, 0.1) is 17.8 Å². The van der Waals surface area contributed by atoms with E-state index in [1.165, 1.54) is 11.8 Å². The lowest BCUT2D eigenvalue weighted by molar-refractivity contribution is -0.00187. The van der Waals surface area contributed by atoms with E-state index in [1.54, 1.807) is 0 Å². The zero-order valence-electron chi connectivity index (χ0n) is 26.2. The topological polar surface area (TPSA) is 170 Å². The van der Waals surface area contributed by atoms with Crippen LogP contribution in [0.2, 0.25) is 5.28 Å². The van der Waals surface area contributed by atoms with Crippen molar-refractivity contribution in [2.24, 2.45) is 0 Å². The van der Waals surface area contributed by atoms with Crippen LogP contribution in [0.5, 0.6) is 5.75 Å². The Morgan fingerprint density at radius 2 is 1.64 bits per heavy atom. The average molecular weight is 696 g/mol. The molecule has 0 radical (unpaired) electrons. The number of nitrogens with zero attached hydrogens (tertiary/aromatic N) is 3. The highest BCUT2D eigenvalue weighted by Crippen LogP contribution is 2.36. The Kier molecular flexibility index (Phi) is 16.3. The van der Waals surface area contributed by atoms with Gasteiger partial charge in [-0.1, -0.05) is 18.1 Å². The largest absolute Gasteiger partial charge is 0.491 e. The molecular formula is C31H43ClN5O9P. The molecule has 0 amide bonds. The molecule has 2 aromatic rings. The van der Waals surface area contributed by atoms with Gasteiger partial charge in [0.2, 0.25) is 5.28 Å². The molecule has 3 heterocycles. The van der Waals surface area contributed by atoms with Crippen LogP contribution >= 0.6 is 20.0 Å². The number of hydrogen-bond donors (Lipinski definition) is 4. The van der Waals surface area contributed by atoms with Crippen LogP contribution in [0.1, 0.15) is 29.9 Å². The Labute approximate surface area is 281 Å². The van der Waals surface area contributed by atoms with Crippen molar-refractivity contribution >= 4 is 37.8 Å². The Bertz CT molecular complexity index is 1270. The molecule has 14 nitrogen and oxygen atoms in total. The number of terminal acetylenes is 1. The fourth-order valence-corrected chi connectivity index (χ4v) is 5.41. The van der Waals surface area contributed by atoms with Gasteiger partial charge in [-0.3, -0.25) is 0 Å². The van der Waals surface area contributed by atoms with Gasteiger partial charge in [0, 0.05) is 25.2 Å². The summed E-state index contributed by atoms with van der Waals surface area (Å²) < 4.78 is 38.6. The highest BCUT2D eigenvalue weighted by Gasteiger charge is 2.33.